The number of rotatable bonds is 13. The van der Waals surface area contributed by atoms with Crippen molar-refractivity contribution >= 4 is 10.1 Å². The molecule has 0 fully saturated rings. The van der Waals surface area contributed by atoms with Gasteiger partial charge in [-0.2, -0.15) is 0 Å². The molecule has 4 nitrogen and oxygen atoms in total. The van der Waals surface area contributed by atoms with Crippen LogP contribution in [0.15, 0.2) is 53.4 Å². The van der Waals surface area contributed by atoms with Crippen LogP contribution in [0.4, 0.5) is 0 Å². The minimum atomic E-state index is -4.52. The van der Waals surface area contributed by atoms with Gasteiger partial charge in [0.05, 0.1) is 4.90 Å². The largest absolute Gasteiger partial charge is 1.00 e. The van der Waals surface area contributed by atoms with Crippen LogP contribution < -0.4 is 34.3 Å². The maximum absolute atomic E-state index is 11.5. The standard InChI is InChI=1S/C23H32O4S.Na/c1-2-3-4-5-6-7-8-9-11-14-20-17-22(19-23(18-20)28(24,25)26)27-21-15-12-10-13-16-21;/h10,12-13,15-19H,2-9,11,14H2,1H3,(H,24,25,26);/q;+1/p-1. The normalized spacial score (nSPS) is 11.1. The summed E-state index contributed by atoms with van der Waals surface area (Å²) in [4.78, 5) is -0.230. The Morgan fingerprint density at radius 1 is 0.793 bits per heavy atom. The molecular formula is C23H31NaO4S. The fourth-order valence-electron chi connectivity index (χ4n) is 3.24. The number of hydrogen-bond donors (Lipinski definition) is 0. The van der Waals surface area contributed by atoms with Gasteiger partial charge in [-0.25, -0.2) is 8.42 Å². The average molecular weight is 427 g/mol. The third-order valence-electron chi connectivity index (χ3n) is 4.78. The minimum absolute atomic E-state index is 0. The van der Waals surface area contributed by atoms with Crippen molar-refractivity contribution in [3.8, 4) is 11.5 Å². The van der Waals surface area contributed by atoms with Crippen LogP contribution >= 0.6 is 0 Å². The van der Waals surface area contributed by atoms with E-state index in [1.54, 1.807) is 12.1 Å². The van der Waals surface area contributed by atoms with Crippen molar-refractivity contribution in [2.75, 3.05) is 0 Å². The van der Waals surface area contributed by atoms with Gasteiger partial charge in [-0.15, -0.1) is 0 Å². The number of ether oxygens (including phenoxy) is 1. The summed E-state index contributed by atoms with van der Waals surface area (Å²) in [5.41, 5.74) is 0.825. The maximum atomic E-state index is 11.5. The molecule has 154 valence electrons. The van der Waals surface area contributed by atoms with Gasteiger partial charge in [-0.05, 0) is 48.7 Å². The van der Waals surface area contributed by atoms with Crippen LogP contribution in [0.1, 0.15) is 70.3 Å². The van der Waals surface area contributed by atoms with Gasteiger partial charge in [0.1, 0.15) is 21.6 Å². The van der Waals surface area contributed by atoms with Gasteiger partial charge in [-0.3, -0.25) is 0 Å². The molecule has 0 radical (unpaired) electrons. The first kappa shape index (κ1) is 26.2. The molecule has 29 heavy (non-hydrogen) atoms. The Labute approximate surface area is 198 Å². The number of para-hydroxylation sites is 1. The van der Waals surface area contributed by atoms with E-state index in [1.165, 1.54) is 57.1 Å². The van der Waals surface area contributed by atoms with E-state index in [1.807, 2.05) is 24.3 Å². The topological polar surface area (TPSA) is 66.4 Å². The summed E-state index contributed by atoms with van der Waals surface area (Å²) in [5, 5.41) is 0. The molecule has 0 aliphatic heterocycles. The monoisotopic (exact) mass is 426 g/mol. The molecule has 2 aromatic carbocycles. The number of unbranched alkanes of at least 4 members (excludes halogenated alkanes) is 8. The van der Waals surface area contributed by atoms with Crippen LogP contribution in [-0.4, -0.2) is 13.0 Å². The second-order valence-corrected chi connectivity index (χ2v) is 8.64. The Bertz CT molecular complexity index is 807. The molecule has 2 aromatic rings. The minimum Gasteiger partial charge on any atom is -0.744 e. The summed E-state index contributed by atoms with van der Waals surface area (Å²) in [7, 11) is -4.52. The molecule has 2 rings (SSSR count). The van der Waals surface area contributed by atoms with Crippen molar-refractivity contribution in [1.29, 1.82) is 0 Å². The summed E-state index contributed by atoms with van der Waals surface area (Å²) in [6.07, 6.45) is 11.8. The van der Waals surface area contributed by atoms with Crippen molar-refractivity contribution in [3.63, 3.8) is 0 Å². The predicted octanol–water partition coefficient (Wildman–Crippen LogP) is 3.46. The van der Waals surface area contributed by atoms with E-state index >= 15 is 0 Å². The quantitative estimate of drug-likeness (QED) is 0.279. The van der Waals surface area contributed by atoms with Crippen molar-refractivity contribution in [2.24, 2.45) is 0 Å². The fourth-order valence-corrected chi connectivity index (χ4v) is 3.80. The van der Waals surface area contributed by atoms with Crippen LogP contribution in [-0.2, 0) is 16.5 Å². The first-order valence-electron chi connectivity index (χ1n) is 10.3. The van der Waals surface area contributed by atoms with E-state index in [0.29, 0.717) is 11.5 Å². The van der Waals surface area contributed by atoms with Gasteiger partial charge in [0, 0.05) is 0 Å². The van der Waals surface area contributed by atoms with E-state index in [-0.39, 0.29) is 34.5 Å². The van der Waals surface area contributed by atoms with E-state index in [2.05, 4.69) is 6.92 Å². The van der Waals surface area contributed by atoms with Crippen LogP contribution in [0.5, 0.6) is 11.5 Å². The Kier molecular flexibility index (Phi) is 12.8. The molecule has 0 saturated heterocycles. The summed E-state index contributed by atoms with van der Waals surface area (Å²) in [6.45, 7) is 2.23. The number of hydrogen-bond acceptors (Lipinski definition) is 4. The third-order valence-corrected chi connectivity index (χ3v) is 5.59. The van der Waals surface area contributed by atoms with Crippen molar-refractivity contribution in [3.05, 3.63) is 54.1 Å². The van der Waals surface area contributed by atoms with E-state index in [0.717, 1.165) is 24.8 Å². The van der Waals surface area contributed by atoms with Gasteiger partial charge >= 0.3 is 29.6 Å². The Morgan fingerprint density at radius 3 is 1.97 bits per heavy atom. The van der Waals surface area contributed by atoms with E-state index in [9.17, 15) is 13.0 Å². The molecule has 0 atom stereocenters. The SMILES string of the molecule is CCCCCCCCCCCc1cc(Oc2ccccc2)cc(S(=O)(=O)[O-])c1.[Na+]. The smallest absolute Gasteiger partial charge is 0.744 e. The molecule has 0 unspecified atom stereocenters. The van der Waals surface area contributed by atoms with Gasteiger partial charge in [0.15, 0.2) is 0 Å². The molecular weight excluding hydrogens is 395 g/mol. The van der Waals surface area contributed by atoms with E-state index < -0.39 is 10.1 Å². The van der Waals surface area contributed by atoms with Crippen LogP contribution in [0.25, 0.3) is 0 Å². The van der Waals surface area contributed by atoms with Gasteiger partial charge in [-0.1, -0.05) is 76.5 Å². The fraction of sp³-hybridized carbons (Fsp3) is 0.478. The first-order valence-corrected chi connectivity index (χ1v) is 11.7. The molecule has 0 spiro atoms. The van der Waals surface area contributed by atoms with Crippen molar-refractivity contribution < 1.29 is 47.3 Å². The maximum Gasteiger partial charge on any atom is 1.00 e. The van der Waals surface area contributed by atoms with Crippen LogP contribution in [0.3, 0.4) is 0 Å². The zero-order chi connectivity index (χ0) is 20.2. The third kappa shape index (κ3) is 10.7. The Hall–Kier alpha value is -0.850. The average Bonchev–Trinajstić information content (AvgIpc) is 2.67. The second-order valence-electron chi connectivity index (χ2n) is 7.26. The summed E-state index contributed by atoms with van der Waals surface area (Å²) < 4.78 is 40.2. The summed E-state index contributed by atoms with van der Waals surface area (Å²) in [6, 6.07) is 13.7. The van der Waals surface area contributed by atoms with Gasteiger partial charge in [0.2, 0.25) is 0 Å². The zero-order valence-electron chi connectivity index (χ0n) is 17.7. The van der Waals surface area contributed by atoms with E-state index in [4.69, 9.17) is 4.74 Å². The van der Waals surface area contributed by atoms with Crippen molar-refractivity contribution in [1.82, 2.24) is 0 Å². The molecule has 0 bridgehead atoms. The predicted molar refractivity (Wildman–Crippen MR) is 112 cm³/mol. The molecule has 0 saturated carbocycles. The Morgan fingerprint density at radius 2 is 1.38 bits per heavy atom. The number of benzene rings is 2. The van der Waals surface area contributed by atoms with Crippen LogP contribution in [0.2, 0.25) is 0 Å². The van der Waals surface area contributed by atoms with Gasteiger partial charge in [0.25, 0.3) is 0 Å². The molecule has 0 aromatic heterocycles. The molecule has 6 heteroatoms. The van der Waals surface area contributed by atoms with Crippen molar-refractivity contribution in [2.45, 2.75) is 76.0 Å². The molecule has 0 N–H and O–H groups in total. The summed E-state index contributed by atoms with van der Waals surface area (Å²) in [5.74, 6) is 0.992. The first-order chi connectivity index (χ1) is 13.5. The Balaban J connectivity index is 0.00000420. The summed E-state index contributed by atoms with van der Waals surface area (Å²) >= 11 is 0. The molecule has 0 amide bonds. The molecule has 0 aliphatic carbocycles. The molecule has 0 heterocycles. The molecule has 0 aliphatic rings. The second kappa shape index (κ2) is 14.2. The zero-order valence-corrected chi connectivity index (χ0v) is 20.5. The van der Waals surface area contributed by atoms with Crippen LogP contribution in [0, 0.1) is 0 Å². The van der Waals surface area contributed by atoms with Gasteiger partial charge < -0.3 is 9.29 Å². The number of aryl methyl sites for hydroxylation is 1.